The van der Waals surface area contributed by atoms with Crippen LogP contribution in [0.1, 0.15) is 149 Å². The molecule has 0 aromatic heterocycles. The largest absolute Gasteiger partial charge is 0.478 e. The van der Waals surface area contributed by atoms with Gasteiger partial charge in [0.05, 0.1) is 11.1 Å². The van der Waals surface area contributed by atoms with Gasteiger partial charge in [-0.05, 0) is 83.4 Å². The molecule has 1 aromatic carbocycles. The quantitative estimate of drug-likeness (QED) is 0.111. The zero-order valence-corrected chi connectivity index (χ0v) is 32.7. The number of ether oxygens (including phenoxy) is 2. The summed E-state index contributed by atoms with van der Waals surface area (Å²) in [6, 6.07) is 7.07. The summed E-state index contributed by atoms with van der Waals surface area (Å²) in [6.45, 7) is 41.7. The minimum Gasteiger partial charge on any atom is -0.478 e. The average Bonchev–Trinajstić information content (AvgIpc) is 2.95. The van der Waals surface area contributed by atoms with Gasteiger partial charge in [-0.15, -0.1) is 0 Å². The van der Waals surface area contributed by atoms with Crippen molar-refractivity contribution in [1.29, 1.82) is 0 Å². The fraction of sp³-hybridized carbons (Fsp3) is 0.511. The maximum absolute atomic E-state index is 10.7. The summed E-state index contributed by atoms with van der Waals surface area (Å²) in [5.41, 5.74) is 4.53. The highest BCUT2D eigenvalue weighted by Gasteiger charge is 2.18. The van der Waals surface area contributed by atoms with Crippen molar-refractivity contribution >= 4 is 24.9 Å². The molecule has 8 nitrogen and oxygen atoms in total. The molecule has 0 saturated heterocycles. The molecular weight excluding hydrogens is 668 g/mol. The first-order valence-electron chi connectivity index (χ1n) is 15.9. The van der Waals surface area contributed by atoms with Gasteiger partial charge in [0.15, 0.2) is 0 Å². The van der Waals surface area contributed by atoms with Crippen LogP contribution in [0.2, 0.25) is 0 Å². The molecule has 0 amide bonds. The van der Waals surface area contributed by atoms with Crippen molar-refractivity contribution in [2.75, 3.05) is 0 Å². The Kier molecular flexibility index (Phi) is 33.7. The van der Waals surface area contributed by atoms with E-state index in [0.717, 1.165) is 22.3 Å². The summed E-state index contributed by atoms with van der Waals surface area (Å²) in [5.74, 6) is -0.658. The van der Waals surface area contributed by atoms with E-state index in [0.29, 0.717) is 30.0 Å². The van der Waals surface area contributed by atoms with Gasteiger partial charge in [0, 0.05) is 0 Å². The lowest BCUT2D eigenvalue weighted by Crippen LogP contribution is -2.12. The van der Waals surface area contributed by atoms with E-state index >= 15 is 0 Å². The number of hydrogen-bond acceptors (Lipinski definition) is 6. The van der Waals surface area contributed by atoms with Gasteiger partial charge in [-0.2, -0.15) is 0 Å². The van der Waals surface area contributed by atoms with Gasteiger partial charge in [-0.25, -0.2) is 9.59 Å². The summed E-state index contributed by atoms with van der Waals surface area (Å²) >= 11 is 0. The van der Waals surface area contributed by atoms with Crippen LogP contribution < -0.4 is 0 Å². The molecule has 0 aliphatic rings. The SMILES string of the molecule is C.C.C.C.C=C(/C=C(\C)C(C)(C)C)C(=O)O.C=C/C(=C(\C)OC=O)C(C)(C)C.C=C/C(OC=O)=C(\C)C(C)(C)C.CC(C)(C)c1cccc(C(=O)O)c1. The Morgan fingerprint density at radius 1 is 0.698 bits per heavy atom. The topological polar surface area (TPSA) is 127 Å². The number of aliphatic carboxylic acids is 1. The molecule has 53 heavy (non-hydrogen) atoms. The van der Waals surface area contributed by atoms with Crippen LogP contribution in [0.25, 0.3) is 0 Å². The monoisotopic (exact) mass is 747 g/mol. The predicted molar refractivity (Wildman–Crippen MR) is 228 cm³/mol. The molecule has 0 fully saturated rings. The van der Waals surface area contributed by atoms with E-state index < -0.39 is 11.9 Å². The van der Waals surface area contributed by atoms with E-state index in [1.165, 1.54) is 0 Å². The molecule has 0 bridgehead atoms. The Morgan fingerprint density at radius 2 is 1.15 bits per heavy atom. The summed E-state index contributed by atoms with van der Waals surface area (Å²) in [6.07, 6.45) is 4.89. The second-order valence-electron chi connectivity index (χ2n) is 15.3. The Balaban J connectivity index is -0.000000104. The van der Waals surface area contributed by atoms with E-state index in [1.54, 1.807) is 43.4 Å². The molecule has 1 rings (SSSR count). The fourth-order valence-corrected chi connectivity index (χ4v) is 3.48. The maximum Gasteiger partial charge on any atom is 0.335 e. The van der Waals surface area contributed by atoms with Crippen LogP contribution in [-0.2, 0) is 29.3 Å². The number of benzene rings is 1. The molecule has 0 spiro atoms. The van der Waals surface area contributed by atoms with Crippen LogP contribution >= 0.6 is 0 Å². The van der Waals surface area contributed by atoms with Crippen molar-refractivity contribution in [3.63, 3.8) is 0 Å². The number of carboxylic acids is 2. The van der Waals surface area contributed by atoms with Gasteiger partial charge >= 0.3 is 11.9 Å². The highest BCUT2D eigenvalue weighted by atomic mass is 16.5. The number of hydrogen-bond donors (Lipinski definition) is 2. The van der Waals surface area contributed by atoms with Gasteiger partial charge in [0.2, 0.25) is 0 Å². The van der Waals surface area contributed by atoms with Crippen LogP contribution in [0, 0.1) is 16.2 Å². The number of aromatic carboxylic acids is 1. The number of carboxylic acid groups (broad SMARTS) is 2. The van der Waals surface area contributed by atoms with Crippen molar-refractivity contribution in [3.05, 3.63) is 107 Å². The van der Waals surface area contributed by atoms with Crippen LogP contribution in [0.4, 0.5) is 0 Å². The lowest BCUT2D eigenvalue weighted by Gasteiger charge is -2.21. The lowest BCUT2D eigenvalue weighted by atomic mass is 9.86. The number of carbonyl (C=O) groups is 4. The molecule has 0 radical (unpaired) electrons. The second-order valence-corrected chi connectivity index (χ2v) is 15.3. The number of rotatable bonds is 9. The highest BCUT2D eigenvalue weighted by molar-refractivity contribution is 5.89. The van der Waals surface area contributed by atoms with Crippen molar-refractivity contribution in [1.82, 2.24) is 0 Å². The Bertz CT molecular complexity index is 1390. The van der Waals surface area contributed by atoms with Crippen molar-refractivity contribution in [3.8, 4) is 0 Å². The first kappa shape index (κ1) is 63.6. The third-order valence-corrected chi connectivity index (χ3v) is 7.30. The average molecular weight is 747 g/mol. The Hall–Kier alpha value is -4.46. The van der Waals surface area contributed by atoms with Crippen LogP contribution in [-0.4, -0.2) is 35.1 Å². The molecule has 0 unspecified atom stereocenters. The third kappa shape index (κ3) is 27.8. The predicted octanol–water partition coefficient (Wildman–Crippen LogP) is 13.2. The smallest absolute Gasteiger partial charge is 0.335 e. The standard InChI is InChI=1S/C11H14O2.3C10H16O2.4CH4/c1-11(2,3)9-6-4-5-8(7-9)10(12)13;1-7(9(11)12)6-8(2)10(3,4)5;1-6-9(10(3,4)5)8(2)12-7-11;1-6-9(12-7-11)8(2)10(3,4)5;;;;/h4-7H,1-3H3,(H,12,13);6H,1H2,2-5H3,(H,11,12);2*6-7H,1H2,2-5H3;4*1H4/b;8-6+;2*9-8-;;;;. The van der Waals surface area contributed by atoms with Gasteiger partial charge in [-0.3, -0.25) is 9.59 Å². The zero-order valence-electron chi connectivity index (χ0n) is 32.7. The molecular formula is C45H78O8. The van der Waals surface area contributed by atoms with Crippen molar-refractivity contribution < 1.29 is 38.9 Å². The van der Waals surface area contributed by atoms with Gasteiger partial charge in [0.1, 0.15) is 11.5 Å². The molecule has 8 heteroatoms. The summed E-state index contributed by atoms with van der Waals surface area (Å²) in [5, 5.41) is 17.3. The normalized spacial score (nSPS) is 11.7. The summed E-state index contributed by atoms with van der Waals surface area (Å²) in [7, 11) is 0. The van der Waals surface area contributed by atoms with Gasteiger partial charge < -0.3 is 19.7 Å². The van der Waals surface area contributed by atoms with Crippen molar-refractivity contribution in [2.24, 2.45) is 16.2 Å². The maximum atomic E-state index is 10.7. The Labute approximate surface area is 325 Å². The minimum absolute atomic E-state index is 0. The van der Waals surface area contributed by atoms with Crippen LogP contribution in [0.5, 0.6) is 0 Å². The van der Waals surface area contributed by atoms with Crippen LogP contribution in [0.15, 0.2) is 96.0 Å². The first-order valence-corrected chi connectivity index (χ1v) is 15.9. The molecule has 1 aromatic rings. The minimum atomic E-state index is -0.960. The molecule has 306 valence electrons. The van der Waals surface area contributed by atoms with E-state index in [-0.39, 0.29) is 56.9 Å². The first-order chi connectivity index (χ1) is 22.0. The molecule has 0 heterocycles. The molecule has 0 atom stereocenters. The van der Waals surface area contributed by atoms with E-state index in [9.17, 15) is 19.2 Å². The zero-order chi connectivity index (χ0) is 39.6. The lowest BCUT2D eigenvalue weighted by molar-refractivity contribution is -0.132. The van der Waals surface area contributed by atoms with E-state index in [4.69, 9.17) is 19.7 Å². The van der Waals surface area contributed by atoms with Gasteiger partial charge in [-0.1, -0.05) is 156 Å². The van der Waals surface area contributed by atoms with Crippen molar-refractivity contribution in [2.45, 2.75) is 139 Å². The fourth-order valence-electron chi connectivity index (χ4n) is 3.48. The van der Waals surface area contributed by atoms with E-state index in [2.05, 4.69) is 61.3 Å². The molecule has 2 N–H and O–H groups in total. The summed E-state index contributed by atoms with van der Waals surface area (Å²) in [4.78, 5) is 41.3. The summed E-state index contributed by atoms with van der Waals surface area (Å²) < 4.78 is 9.51. The Morgan fingerprint density at radius 3 is 1.43 bits per heavy atom. The van der Waals surface area contributed by atoms with Gasteiger partial charge in [0.25, 0.3) is 12.9 Å². The van der Waals surface area contributed by atoms with Crippen LogP contribution in [0.3, 0.4) is 0 Å². The molecule has 0 aliphatic heterocycles. The molecule has 0 aliphatic carbocycles. The second kappa shape index (κ2) is 28.1. The number of carbonyl (C=O) groups excluding carboxylic acids is 2. The number of allylic oxidation sites excluding steroid dienone is 6. The molecule has 0 saturated carbocycles. The van der Waals surface area contributed by atoms with E-state index in [1.807, 2.05) is 61.5 Å². The third-order valence-electron chi connectivity index (χ3n) is 7.30. The highest BCUT2D eigenvalue weighted by Crippen LogP contribution is 2.29.